The van der Waals surface area contributed by atoms with Gasteiger partial charge >= 0.3 is 0 Å². The third-order valence-electron chi connectivity index (χ3n) is 8.52. The van der Waals surface area contributed by atoms with Crippen molar-refractivity contribution in [1.82, 2.24) is 15.1 Å². The van der Waals surface area contributed by atoms with E-state index in [0.717, 1.165) is 42.1 Å². The number of hydrogen-bond acceptors (Lipinski definition) is 6. The molecule has 2 aromatic carbocycles. The number of anilines is 1. The van der Waals surface area contributed by atoms with E-state index in [1.165, 1.54) is 16.8 Å². The molecule has 6 rings (SSSR count). The smallest absolute Gasteiger partial charge is 0.225 e. The van der Waals surface area contributed by atoms with Crippen molar-refractivity contribution in [3.63, 3.8) is 0 Å². The van der Waals surface area contributed by atoms with E-state index in [4.69, 9.17) is 5.10 Å². The van der Waals surface area contributed by atoms with Gasteiger partial charge in [0.2, 0.25) is 5.91 Å². The van der Waals surface area contributed by atoms with Crippen molar-refractivity contribution in [1.29, 1.82) is 5.26 Å². The van der Waals surface area contributed by atoms with Gasteiger partial charge in [-0.15, -0.1) is 0 Å². The van der Waals surface area contributed by atoms with Crippen molar-refractivity contribution in [3.05, 3.63) is 66.0 Å². The fraction of sp³-hybridized carbons (Fsp3) is 0.433. The van der Waals surface area contributed by atoms with Gasteiger partial charge in [-0.25, -0.2) is 21.9 Å². The highest BCUT2D eigenvalue weighted by atomic mass is 32.2. The van der Waals surface area contributed by atoms with Gasteiger partial charge in [0.25, 0.3) is 0 Å². The number of halogens is 2. The average Bonchev–Trinajstić information content (AvgIpc) is 3.59. The number of sulfone groups is 1. The third kappa shape index (κ3) is 5.71. The monoisotopic (exact) mass is 579 g/mol. The van der Waals surface area contributed by atoms with Crippen LogP contribution in [0.2, 0.25) is 0 Å². The number of carbonyl (C=O) groups excluding carboxylic acids is 1. The first-order valence-electron chi connectivity index (χ1n) is 14.0. The van der Waals surface area contributed by atoms with Gasteiger partial charge < -0.3 is 10.2 Å². The number of amides is 1. The highest BCUT2D eigenvalue weighted by Gasteiger charge is 2.47. The molecule has 0 radical (unpaired) electrons. The van der Waals surface area contributed by atoms with Crippen molar-refractivity contribution >= 4 is 21.4 Å². The van der Waals surface area contributed by atoms with Gasteiger partial charge in [0.15, 0.2) is 9.84 Å². The van der Waals surface area contributed by atoms with Crippen LogP contribution in [0.25, 0.3) is 16.8 Å². The summed E-state index contributed by atoms with van der Waals surface area (Å²) in [5.41, 5.74) is 2.63. The molecule has 1 aromatic heterocycles. The molecule has 2 aliphatic carbocycles. The van der Waals surface area contributed by atoms with Crippen LogP contribution in [0.3, 0.4) is 0 Å². The molecule has 0 bridgehead atoms. The van der Waals surface area contributed by atoms with Gasteiger partial charge in [-0.2, -0.15) is 10.4 Å². The topological polar surface area (TPSA) is 108 Å². The number of carbonyl (C=O) groups is 1. The maximum absolute atomic E-state index is 14.1. The van der Waals surface area contributed by atoms with E-state index < -0.39 is 27.0 Å². The van der Waals surface area contributed by atoms with E-state index in [1.807, 2.05) is 29.2 Å². The van der Waals surface area contributed by atoms with E-state index in [1.54, 1.807) is 6.20 Å². The molecule has 214 valence electrons. The lowest BCUT2D eigenvalue weighted by Gasteiger charge is -2.31. The Balaban J connectivity index is 1.37. The first-order chi connectivity index (χ1) is 19.7. The normalized spacial score (nSPS) is 23.0. The van der Waals surface area contributed by atoms with Gasteiger partial charge in [0.05, 0.1) is 29.0 Å². The second-order valence-corrected chi connectivity index (χ2v) is 13.7. The molecule has 1 aliphatic heterocycles. The molecule has 0 spiro atoms. The predicted octanol–water partition coefficient (Wildman–Crippen LogP) is 4.50. The summed E-state index contributed by atoms with van der Waals surface area (Å²) in [6, 6.07) is 13.2. The van der Waals surface area contributed by atoms with Crippen LogP contribution < -0.4 is 10.2 Å². The van der Waals surface area contributed by atoms with Gasteiger partial charge in [-0.1, -0.05) is 25.0 Å². The fourth-order valence-electron chi connectivity index (χ4n) is 6.00. The van der Waals surface area contributed by atoms with Crippen molar-refractivity contribution < 1.29 is 22.0 Å². The quantitative estimate of drug-likeness (QED) is 0.461. The molecule has 3 aliphatic rings. The molecule has 3 fully saturated rings. The average molecular weight is 580 g/mol. The van der Waals surface area contributed by atoms with Crippen molar-refractivity contribution in [2.75, 3.05) is 29.5 Å². The zero-order valence-electron chi connectivity index (χ0n) is 22.5. The van der Waals surface area contributed by atoms with Crippen molar-refractivity contribution in [2.24, 2.45) is 5.92 Å². The zero-order chi connectivity index (χ0) is 28.8. The number of aromatic nitrogens is 2. The van der Waals surface area contributed by atoms with Gasteiger partial charge in [0, 0.05) is 48.4 Å². The Morgan fingerprint density at radius 1 is 1.00 bits per heavy atom. The molecule has 1 N–H and O–H groups in total. The minimum atomic E-state index is -3.00. The summed E-state index contributed by atoms with van der Waals surface area (Å²) in [6.45, 7) is 0.859. The minimum Gasteiger partial charge on any atom is -0.369 e. The maximum Gasteiger partial charge on any atom is 0.225 e. The SMILES string of the molecule is N#CC1(NC(=O)[C@@H]2CCCC[C@H]2c2nn(-c3cc(F)cc(F)c3)cc2-c2ccc(N3CCS(=O)(=O)CC3)cc2)CC1. The first kappa shape index (κ1) is 27.4. The summed E-state index contributed by atoms with van der Waals surface area (Å²) in [5.74, 6) is -1.96. The Morgan fingerprint density at radius 3 is 2.29 bits per heavy atom. The number of rotatable bonds is 6. The summed E-state index contributed by atoms with van der Waals surface area (Å²) < 4.78 is 53.4. The van der Waals surface area contributed by atoms with Crippen LogP contribution >= 0.6 is 0 Å². The lowest BCUT2D eigenvalue weighted by molar-refractivity contribution is -0.127. The summed E-state index contributed by atoms with van der Waals surface area (Å²) in [4.78, 5) is 15.5. The summed E-state index contributed by atoms with van der Waals surface area (Å²) in [7, 11) is -3.00. The molecule has 41 heavy (non-hydrogen) atoms. The Morgan fingerprint density at radius 2 is 1.66 bits per heavy atom. The predicted molar refractivity (Wildman–Crippen MR) is 150 cm³/mol. The van der Waals surface area contributed by atoms with E-state index in [-0.39, 0.29) is 34.9 Å². The fourth-order valence-corrected chi connectivity index (χ4v) is 7.20. The Hall–Kier alpha value is -3.78. The first-order valence-corrected chi connectivity index (χ1v) is 15.8. The maximum atomic E-state index is 14.1. The van der Waals surface area contributed by atoms with Crippen LogP contribution in [0, 0.1) is 28.9 Å². The lowest BCUT2D eigenvalue weighted by Crippen LogP contribution is -2.42. The van der Waals surface area contributed by atoms with Gasteiger partial charge in [-0.05, 0) is 55.5 Å². The standard InChI is InChI=1S/C30H31F2N5O3S/c31-21-15-22(32)17-24(16-21)37-18-27(20-5-7-23(8-6-20)36-11-13-41(39,40)14-12-36)28(35-37)25-3-1-2-4-26(25)29(38)34-30(19-33)9-10-30/h5-8,15-18,25-26H,1-4,9-14H2,(H,34,38)/t25-,26-/m1/s1. The molecule has 11 heteroatoms. The van der Waals surface area contributed by atoms with Gasteiger partial charge in [0.1, 0.15) is 17.2 Å². The van der Waals surface area contributed by atoms with Crippen LogP contribution in [-0.2, 0) is 14.6 Å². The van der Waals surface area contributed by atoms with Crippen LogP contribution in [0.15, 0.2) is 48.7 Å². The number of nitriles is 1. The second-order valence-electron chi connectivity index (χ2n) is 11.4. The van der Waals surface area contributed by atoms with E-state index in [0.29, 0.717) is 38.0 Å². The third-order valence-corrected chi connectivity index (χ3v) is 10.1. The summed E-state index contributed by atoms with van der Waals surface area (Å²) in [5, 5.41) is 17.3. The Kier molecular flexibility index (Phi) is 7.06. The van der Waals surface area contributed by atoms with Crippen LogP contribution in [0.5, 0.6) is 0 Å². The van der Waals surface area contributed by atoms with Crippen molar-refractivity contribution in [3.8, 4) is 22.9 Å². The van der Waals surface area contributed by atoms with E-state index >= 15 is 0 Å². The minimum absolute atomic E-state index is 0.119. The van der Waals surface area contributed by atoms with Crippen LogP contribution in [-0.4, -0.2) is 54.2 Å². The molecule has 1 amide bonds. The molecular weight excluding hydrogens is 548 g/mol. The molecule has 2 atom stereocenters. The molecule has 2 heterocycles. The summed E-state index contributed by atoms with van der Waals surface area (Å²) >= 11 is 0. The van der Waals surface area contributed by atoms with Crippen molar-refractivity contribution in [2.45, 2.75) is 50.0 Å². The molecule has 8 nitrogen and oxygen atoms in total. The molecular formula is C30H31F2N5O3S. The van der Waals surface area contributed by atoms with Crippen LogP contribution in [0.4, 0.5) is 14.5 Å². The number of benzene rings is 2. The second kappa shape index (κ2) is 10.6. The molecule has 3 aromatic rings. The lowest BCUT2D eigenvalue weighted by atomic mass is 9.75. The number of hydrogen-bond donors (Lipinski definition) is 1. The van der Waals surface area contributed by atoms with Gasteiger partial charge in [-0.3, -0.25) is 4.79 Å². The highest BCUT2D eigenvalue weighted by Crippen LogP contribution is 2.43. The Labute approximate surface area is 237 Å². The van der Waals surface area contributed by atoms with Crippen LogP contribution in [0.1, 0.15) is 50.1 Å². The zero-order valence-corrected chi connectivity index (χ0v) is 23.3. The van der Waals surface area contributed by atoms with E-state index in [2.05, 4.69) is 11.4 Å². The summed E-state index contributed by atoms with van der Waals surface area (Å²) in [6.07, 6.45) is 6.22. The highest BCUT2D eigenvalue weighted by molar-refractivity contribution is 7.91. The Bertz CT molecular complexity index is 1590. The van der Waals surface area contributed by atoms with E-state index in [9.17, 15) is 27.3 Å². The molecule has 2 saturated carbocycles. The largest absolute Gasteiger partial charge is 0.369 e. The number of nitrogens with zero attached hydrogens (tertiary/aromatic N) is 4. The molecule has 0 unspecified atom stereocenters. The number of nitrogens with one attached hydrogen (secondary N) is 1. The molecule has 1 saturated heterocycles.